The van der Waals surface area contributed by atoms with E-state index in [4.69, 9.17) is 9.15 Å². The van der Waals surface area contributed by atoms with Crippen LogP contribution in [0.3, 0.4) is 0 Å². The molecule has 1 aliphatic rings. The number of aromatic nitrogens is 1. The van der Waals surface area contributed by atoms with E-state index in [1.165, 1.54) is 0 Å². The van der Waals surface area contributed by atoms with Gasteiger partial charge >= 0.3 is 5.97 Å². The molecule has 2 aromatic rings. The first kappa shape index (κ1) is 21.7. The lowest BCUT2D eigenvalue weighted by atomic mass is 9.96. The normalized spacial score (nSPS) is 16.4. The number of carbonyl (C=O) groups is 3. The van der Waals surface area contributed by atoms with Crippen LogP contribution in [0.25, 0.3) is 0 Å². The number of esters is 1. The Hall–Kier alpha value is -3.03. The third kappa shape index (κ3) is 4.75. The van der Waals surface area contributed by atoms with Gasteiger partial charge in [0.25, 0.3) is 5.91 Å². The molecule has 0 radical (unpaired) electrons. The number of piperidine rings is 1. The zero-order valence-corrected chi connectivity index (χ0v) is 17.7. The number of likely N-dealkylation sites (tertiary alicyclic amines) is 1. The SMILES string of the molecule is CCOC(=O)c1c(C)[nH]c(C(=O)N2CCCC(C(=O)NCCc3ccco3)C2)c1C. The molecular formula is C22H29N3O5. The minimum atomic E-state index is -0.435. The largest absolute Gasteiger partial charge is 0.469 e. The van der Waals surface area contributed by atoms with Crippen LogP contribution in [0.4, 0.5) is 0 Å². The summed E-state index contributed by atoms with van der Waals surface area (Å²) in [6.07, 6.45) is 3.74. The van der Waals surface area contributed by atoms with Gasteiger partial charge < -0.3 is 24.4 Å². The maximum absolute atomic E-state index is 13.1. The lowest BCUT2D eigenvalue weighted by Crippen LogP contribution is -2.46. The Morgan fingerprint density at radius 1 is 1.33 bits per heavy atom. The zero-order valence-electron chi connectivity index (χ0n) is 17.7. The number of H-pyrrole nitrogens is 1. The molecule has 2 aromatic heterocycles. The van der Waals surface area contributed by atoms with Gasteiger partial charge in [-0.3, -0.25) is 9.59 Å². The van der Waals surface area contributed by atoms with Gasteiger partial charge in [-0.2, -0.15) is 0 Å². The summed E-state index contributed by atoms with van der Waals surface area (Å²) in [6, 6.07) is 3.69. The summed E-state index contributed by atoms with van der Waals surface area (Å²) in [7, 11) is 0. The summed E-state index contributed by atoms with van der Waals surface area (Å²) >= 11 is 0. The molecule has 8 nitrogen and oxygen atoms in total. The van der Waals surface area contributed by atoms with E-state index in [9.17, 15) is 14.4 Å². The number of aromatic amines is 1. The molecule has 2 N–H and O–H groups in total. The standard InChI is InChI=1S/C22H29N3O5/c1-4-29-22(28)18-14(2)19(24-15(18)3)21(27)25-11-5-7-16(13-25)20(26)23-10-9-17-8-6-12-30-17/h6,8,12,16,24H,4-5,7,9-11,13H2,1-3H3,(H,23,26). The van der Waals surface area contributed by atoms with Gasteiger partial charge in [0.05, 0.1) is 24.4 Å². The highest BCUT2D eigenvalue weighted by Gasteiger charge is 2.31. The van der Waals surface area contributed by atoms with Crippen LogP contribution < -0.4 is 5.32 Å². The first-order chi connectivity index (χ1) is 14.4. The first-order valence-corrected chi connectivity index (χ1v) is 10.4. The number of aryl methyl sites for hydroxylation is 1. The van der Waals surface area contributed by atoms with Crippen molar-refractivity contribution in [2.45, 2.75) is 40.0 Å². The second kappa shape index (κ2) is 9.65. The minimum absolute atomic E-state index is 0.0503. The number of hydrogen-bond acceptors (Lipinski definition) is 5. The molecular weight excluding hydrogens is 386 g/mol. The van der Waals surface area contributed by atoms with E-state index in [0.29, 0.717) is 48.6 Å². The molecule has 1 atom stereocenters. The third-order valence-electron chi connectivity index (χ3n) is 5.46. The molecule has 8 heteroatoms. The Kier molecular flexibility index (Phi) is 6.97. The van der Waals surface area contributed by atoms with Crippen LogP contribution in [0.5, 0.6) is 0 Å². The molecule has 30 heavy (non-hydrogen) atoms. The molecule has 3 rings (SSSR count). The van der Waals surface area contributed by atoms with Crippen molar-refractivity contribution >= 4 is 17.8 Å². The molecule has 1 unspecified atom stereocenters. The fourth-order valence-electron chi connectivity index (χ4n) is 3.92. The molecule has 0 saturated carbocycles. The highest BCUT2D eigenvalue weighted by atomic mass is 16.5. The van der Waals surface area contributed by atoms with Gasteiger partial charge in [0, 0.05) is 31.7 Å². The van der Waals surface area contributed by atoms with Crippen LogP contribution in [0, 0.1) is 19.8 Å². The van der Waals surface area contributed by atoms with Gasteiger partial charge in [0.15, 0.2) is 0 Å². The summed E-state index contributed by atoms with van der Waals surface area (Å²) < 4.78 is 10.4. The molecule has 0 bridgehead atoms. The number of nitrogens with one attached hydrogen (secondary N) is 2. The van der Waals surface area contributed by atoms with E-state index >= 15 is 0 Å². The Morgan fingerprint density at radius 2 is 2.13 bits per heavy atom. The maximum Gasteiger partial charge on any atom is 0.340 e. The van der Waals surface area contributed by atoms with Gasteiger partial charge in [-0.05, 0) is 51.3 Å². The Labute approximate surface area is 176 Å². The van der Waals surface area contributed by atoms with Crippen molar-refractivity contribution in [3.05, 3.63) is 46.7 Å². The molecule has 2 amide bonds. The van der Waals surface area contributed by atoms with E-state index in [1.54, 1.807) is 31.9 Å². The average molecular weight is 415 g/mol. The fraction of sp³-hybridized carbons (Fsp3) is 0.500. The Bertz CT molecular complexity index is 900. The monoisotopic (exact) mass is 415 g/mol. The molecule has 1 fully saturated rings. The number of ether oxygens (including phenoxy) is 1. The highest BCUT2D eigenvalue weighted by Crippen LogP contribution is 2.23. The average Bonchev–Trinajstić information content (AvgIpc) is 3.35. The summed E-state index contributed by atoms with van der Waals surface area (Å²) in [5.74, 6) is -0.105. The van der Waals surface area contributed by atoms with Gasteiger partial charge in [-0.15, -0.1) is 0 Å². The molecule has 0 aliphatic carbocycles. The van der Waals surface area contributed by atoms with E-state index in [1.807, 2.05) is 12.1 Å². The lowest BCUT2D eigenvalue weighted by molar-refractivity contribution is -0.126. The summed E-state index contributed by atoms with van der Waals surface area (Å²) in [5, 5.41) is 2.94. The summed E-state index contributed by atoms with van der Waals surface area (Å²) in [6.45, 7) is 6.95. The summed E-state index contributed by atoms with van der Waals surface area (Å²) in [5.41, 5.74) is 1.98. The minimum Gasteiger partial charge on any atom is -0.469 e. The number of hydrogen-bond donors (Lipinski definition) is 2. The van der Waals surface area contributed by atoms with Gasteiger partial charge in [-0.1, -0.05) is 0 Å². The lowest BCUT2D eigenvalue weighted by Gasteiger charge is -2.32. The predicted octanol–water partition coefficient (Wildman–Crippen LogP) is 2.61. The summed E-state index contributed by atoms with van der Waals surface area (Å²) in [4.78, 5) is 42.6. The predicted molar refractivity (Wildman–Crippen MR) is 110 cm³/mol. The smallest absolute Gasteiger partial charge is 0.340 e. The molecule has 1 saturated heterocycles. The molecule has 1 aliphatic heterocycles. The van der Waals surface area contributed by atoms with Crippen LogP contribution in [0.2, 0.25) is 0 Å². The molecule has 0 spiro atoms. The van der Waals surface area contributed by atoms with Crippen LogP contribution in [-0.4, -0.2) is 53.9 Å². The number of amides is 2. The van der Waals surface area contributed by atoms with Crippen LogP contribution >= 0.6 is 0 Å². The third-order valence-corrected chi connectivity index (χ3v) is 5.46. The number of carbonyl (C=O) groups excluding carboxylic acids is 3. The number of furan rings is 1. The van der Waals surface area contributed by atoms with Gasteiger partial charge in [0.1, 0.15) is 11.5 Å². The fourth-order valence-corrected chi connectivity index (χ4v) is 3.92. The van der Waals surface area contributed by atoms with Gasteiger partial charge in [0.2, 0.25) is 5.91 Å². The van der Waals surface area contributed by atoms with Crippen molar-refractivity contribution in [1.29, 1.82) is 0 Å². The van der Waals surface area contributed by atoms with Crippen molar-refractivity contribution in [3.63, 3.8) is 0 Å². The topological polar surface area (TPSA) is 105 Å². The molecule has 0 aromatic carbocycles. The molecule has 3 heterocycles. The number of rotatable bonds is 7. The van der Waals surface area contributed by atoms with E-state index in [-0.39, 0.29) is 24.3 Å². The number of nitrogens with zero attached hydrogens (tertiary/aromatic N) is 1. The zero-order chi connectivity index (χ0) is 21.7. The van der Waals surface area contributed by atoms with Crippen LogP contribution in [-0.2, 0) is 16.0 Å². The second-order valence-corrected chi connectivity index (χ2v) is 7.56. The van der Waals surface area contributed by atoms with Crippen molar-refractivity contribution < 1.29 is 23.5 Å². The van der Waals surface area contributed by atoms with E-state index in [0.717, 1.165) is 18.6 Å². The first-order valence-electron chi connectivity index (χ1n) is 10.4. The van der Waals surface area contributed by atoms with Crippen LogP contribution in [0.15, 0.2) is 22.8 Å². The van der Waals surface area contributed by atoms with Gasteiger partial charge in [-0.25, -0.2) is 4.79 Å². The van der Waals surface area contributed by atoms with Crippen LogP contribution in [0.1, 0.15) is 57.6 Å². The van der Waals surface area contributed by atoms with Crippen molar-refractivity contribution in [2.75, 3.05) is 26.2 Å². The Morgan fingerprint density at radius 3 is 2.83 bits per heavy atom. The maximum atomic E-state index is 13.1. The highest BCUT2D eigenvalue weighted by molar-refractivity contribution is 6.00. The second-order valence-electron chi connectivity index (χ2n) is 7.56. The van der Waals surface area contributed by atoms with Crippen molar-refractivity contribution in [2.24, 2.45) is 5.92 Å². The quantitative estimate of drug-likeness (QED) is 0.677. The Balaban J connectivity index is 1.62. The van der Waals surface area contributed by atoms with Crippen molar-refractivity contribution in [3.8, 4) is 0 Å². The van der Waals surface area contributed by atoms with E-state index in [2.05, 4.69) is 10.3 Å². The van der Waals surface area contributed by atoms with E-state index < -0.39 is 5.97 Å². The molecule has 162 valence electrons. The van der Waals surface area contributed by atoms with Crippen molar-refractivity contribution in [1.82, 2.24) is 15.2 Å².